The maximum Gasteiger partial charge on any atom is 0.179 e. The number of rotatable bonds is 5. The zero-order chi connectivity index (χ0) is 29.8. The van der Waals surface area contributed by atoms with Gasteiger partial charge >= 0.3 is 0 Å². The summed E-state index contributed by atoms with van der Waals surface area (Å²) in [6.07, 6.45) is 1.81. The van der Waals surface area contributed by atoms with Crippen molar-refractivity contribution < 1.29 is 8.83 Å². The number of furan rings is 2. The molecule has 212 valence electrons. The minimum Gasteiger partial charge on any atom is -0.456 e. The first-order chi connectivity index (χ1) is 22.3. The molecule has 0 radical (unpaired) electrons. The van der Waals surface area contributed by atoms with Crippen LogP contribution in [0.15, 0.2) is 173 Å². The smallest absolute Gasteiger partial charge is 0.179 e. The Morgan fingerprint density at radius 1 is 0.378 bits per heavy atom. The molecular weight excluding hydrogens is 567 g/mol. The van der Waals surface area contributed by atoms with Crippen LogP contribution in [0.3, 0.4) is 0 Å². The molecule has 0 aliphatic rings. The van der Waals surface area contributed by atoms with Gasteiger partial charge in [-0.25, -0.2) is 0 Å². The van der Waals surface area contributed by atoms with E-state index in [1.54, 1.807) is 0 Å². The molecule has 0 aliphatic heterocycles. The van der Waals surface area contributed by atoms with Crippen LogP contribution in [0.2, 0.25) is 0 Å². The second-order valence-corrected chi connectivity index (χ2v) is 15.3. The molecule has 6 aromatic carbocycles. The lowest BCUT2D eigenvalue weighted by Crippen LogP contribution is -2.74. The minimum absolute atomic E-state index is 0.802. The minimum atomic E-state index is -2.66. The molecule has 0 spiro atoms. The molecule has 0 aliphatic carbocycles. The lowest BCUT2D eigenvalue weighted by molar-refractivity contribution is 0.668. The number of fused-ring (bicyclic) bond motifs is 6. The predicted octanol–water partition coefficient (Wildman–Crippen LogP) is 7.92. The molecule has 3 nitrogen and oxygen atoms in total. The second-order valence-electron chi connectivity index (χ2n) is 11.5. The zero-order valence-corrected chi connectivity index (χ0v) is 25.4. The van der Waals surface area contributed by atoms with Crippen molar-refractivity contribution in [3.05, 3.63) is 164 Å². The molecule has 0 atom stereocenters. The molecular formula is C41H27NO2Si. The van der Waals surface area contributed by atoms with E-state index in [0.717, 1.165) is 55.1 Å². The van der Waals surface area contributed by atoms with Gasteiger partial charge in [0.2, 0.25) is 0 Å². The molecule has 3 heterocycles. The summed E-state index contributed by atoms with van der Waals surface area (Å²) in [5, 5.41) is 8.63. The van der Waals surface area contributed by atoms with Crippen molar-refractivity contribution in [3.63, 3.8) is 0 Å². The summed E-state index contributed by atoms with van der Waals surface area (Å²) in [5.74, 6) is 0. The normalized spacial score (nSPS) is 12.0. The van der Waals surface area contributed by atoms with E-state index in [1.165, 1.54) is 20.7 Å². The number of aromatic nitrogens is 1. The SMILES string of the molecule is c1ccc([Si](c2ccccc2)(c2ccccc2)c2ccc3oc4ccc(-c5ccc6oc7cccnc7c6c5)cc4c3c2)cc1. The summed E-state index contributed by atoms with van der Waals surface area (Å²) in [6, 6.07) is 56.6. The summed E-state index contributed by atoms with van der Waals surface area (Å²) in [4.78, 5) is 4.59. The van der Waals surface area contributed by atoms with Gasteiger partial charge in [0.15, 0.2) is 13.7 Å². The number of hydrogen-bond donors (Lipinski definition) is 0. The summed E-state index contributed by atoms with van der Waals surface area (Å²) in [7, 11) is -2.66. The van der Waals surface area contributed by atoms with Crippen molar-refractivity contribution in [1.29, 1.82) is 0 Å². The fraction of sp³-hybridized carbons (Fsp3) is 0. The van der Waals surface area contributed by atoms with Gasteiger partial charge in [-0.1, -0.05) is 115 Å². The van der Waals surface area contributed by atoms with Gasteiger partial charge in [-0.2, -0.15) is 0 Å². The maximum absolute atomic E-state index is 6.43. The molecule has 45 heavy (non-hydrogen) atoms. The van der Waals surface area contributed by atoms with Crippen LogP contribution in [0.25, 0.3) is 55.1 Å². The van der Waals surface area contributed by atoms with Crippen molar-refractivity contribution in [3.8, 4) is 11.1 Å². The quantitative estimate of drug-likeness (QED) is 0.150. The Bertz CT molecular complexity index is 2380. The average Bonchev–Trinajstić information content (AvgIpc) is 3.67. The van der Waals surface area contributed by atoms with Gasteiger partial charge < -0.3 is 8.83 Å². The van der Waals surface area contributed by atoms with E-state index in [0.29, 0.717) is 0 Å². The van der Waals surface area contributed by atoms with Gasteiger partial charge in [-0.3, -0.25) is 4.98 Å². The molecule has 9 rings (SSSR count). The van der Waals surface area contributed by atoms with Crippen LogP contribution in [0.5, 0.6) is 0 Å². The number of pyridine rings is 1. The Labute approximate surface area is 261 Å². The molecule has 0 N–H and O–H groups in total. The molecule has 0 amide bonds. The third kappa shape index (κ3) is 4.00. The van der Waals surface area contributed by atoms with Crippen molar-refractivity contribution in [2.75, 3.05) is 0 Å². The lowest BCUT2D eigenvalue weighted by Gasteiger charge is -2.34. The predicted molar refractivity (Wildman–Crippen MR) is 188 cm³/mol. The highest BCUT2D eigenvalue weighted by Gasteiger charge is 2.41. The first kappa shape index (κ1) is 25.8. The van der Waals surface area contributed by atoms with E-state index >= 15 is 0 Å². The highest BCUT2D eigenvalue weighted by atomic mass is 28.3. The molecule has 0 saturated carbocycles. The maximum atomic E-state index is 6.43. The number of nitrogens with zero attached hydrogens (tertiary/aromatic N) is 1. The Kier molecular flexibility index (Phi) is 5.83. The van der Waals surface area contributed by atoms with E-state index in [9.17, 15) is 0 Å². The molecule has 4 heteroatoms. The van der Waals surface area contributed by atoms with Crippen LogP contribution in [0, 0.1) is 0 Å². The Hall–Kier alpha value is -5.71. The van der Waals surface area contributed by atoms with Gasteiger partial charge in [-0.05, 0) is 74.3 Å². The van der Waals surface area contributed by atoms with Gasteiger partial charge in [0.05, 0.1) is 0 Å². The van der Waals surface area contributed by atoms with Crippen LogP contribution < -0.4 is 20.7 Å². The van der Waals surface area contributed by atoms with Crippen molar-refractivity contribution in [1.82, 2.24) is 4.98 Å². The molecule has 3 aromatic heterocycles. The number of hydrogen-bond acceptors (Lipinski definition) is 3. The first-order valence-corrected chi connectivity index (χ1v) is 17.2. The molecule has 0 bridgehead atoms. The summed E-state index contributed by atoms with van der Waals surface area (Å²) in [5.41, 5.74) is 6.55. The molecule has 0 fully saturated rings. The second kappa shape index (κ2) is 10.2. The van der Waals surface area contributed by atoms with Crippen molar-refractivity contribution in [2.24, 2.45) is 0 Å². The summed E-state index contributed by atoms with van der Waals surface area (Å²) >= 11 is 0. The number of benzene rings is 6. The van der Waals surface area contributed by atoms with Crippen molar-refractivity contribution in [2.45, 2.75) is 0 Å². The van der Waals surface area contributed by atoms with Crippen LogP contribution in [-0.2, 0) is 0 Å². The lowest BCUT2D eigenvalue weighted by atomic mass is 10.0. The Morgan fingerprint density at radius 2 is 0.867 bits per heavy atom. The Balaban J connectivity index is 1.28. The third-order valence-corrected chi connectivity index (χ3v) is 13.9. The summed E-state index contributed by atoms with van der Waals surface area (Å²) in [6.45, 7) is 0. The Morgan fingerprint density at radius 3 is 1.47 bits per heavy atom. The molecule has 9 aromatic rings. The van der Waals surface area contributed by atoms with Gasteiger partial charge in [0.25, 0.3) is 0 Å². The van der Waals surface area contributed by atoms with Crippen LogP contribution >= 0.6 is 0 Å². The topological polar surface area (TPSA) is 39.2 Å². The van der Waals surface area contributed by atoms with Gasteiger partial charge in [0.1, 0.15) is 22.3 Å². The highest BCUT2D eigenvalue weighted by molar-refractivity contribution is 7.20. The van der Waals surface area contributed by atoms with Gasteiger partial charge in [-0.15, -0.1) is 0 Å². The van der Waals surface area contributed by atoms with E-state index in [1.807, 2.05) is 24.4 Å². The van der Waals surface area contributed by atoms with E-state index in [4.69, 9.17) is 8.83 Å². The molecule has 0 unspecified atom stereocenters. The van der Waals surface area contributed by atoms with Crippen LogP contribution in [0.1, 0.15) is 0 Å². The van der Waals surface area contributed by atoms with E-state index in [2.05, 4.69) is 145 Å². The monoisotopic (exact) mass is 593 g/mol. The third-order valence-electron chi connectivity index (χ3n) is 9.08. The average molecular weight is 594 g/mol. The van der Waals surface area contributed by atoms with Crippen LogP contribution in [-0.4, -0.2) is 13.1 Å². The fourth-order valence-corrected chi connectivity index (χ4v) is 11.8. The van der Waals surface area contributed by atoms with E-state index in [-0.39, 0.29) is 0 Å². The fourth-order valence-electron chi connectivity index (χ4n) is 7.03. The standard InChI is InChI=1S/C41H27NO2Si/c1-4-11-30(12-5-1)45(31-13-6-2-7-14-31,32-15-8-3-9-16-32)33-20-23-38-35(27-33)34-25-28(18-21-37(34)43-38)29-19-22-39-36(26-29)41-40(44-39)17-10-24-42-41/h1-27H. The van der Waals surface area contributed by atoms with Crippen LogP contribution in [0.4, 0.5) is 0 Å². The zero-order valence-electron chi connectivity index (χ0n) is 24.4. The largest absolute Gasteiger partial charge is 0.456 e. The summed E-state index contributed by atoms with van der Waals surface area (Å²) < 4.78 is 12.5. The van der Waals surface area contributed by atoms with E-state index < -0.39 is 8.07 Å². The first-order valence-electron chi connectivity index (χ1n) is 15.2. The van der Waals surface area contributed by atoms with Crippen molar-refractivity contribution >= 4 is 72.8 Å². The molecule has 0 saturated heterocycles. The highest BCUT2D eigenvalue weighted by Crippen LogP contribution is 2.35. The van der Waals surface area contributed by atoms with Gasteiger partial charge in [0, 0.05) is 22.4 Å².